The summed E-state index contributed by atoms with van der Waals surface area (Å²) in [7, 11) is 0. The molecule has 2 rings (SSSR count). The zero-order valence-corrected chi connectivity index (χ0v) is 14.3. The van der Waals surface area contributed by atoms with Crippen LogP contribution in [0.1, 0.15) is 4.88 Å². The number of carbonyl (C=O) groups is 1. The molecule has 116 valence electrons. The van der Waals surface area contributed by atoms with Crippen molar-refractivity contribution >= 4 is 38.9 Å². The summed E-state index contributed by atoms with van der Waals surface area (Å²) in [5.74, 6) is -0.684. The van der Waals surface area contributed by atoms with Crippen molar-refractivity contribution in [3.63, 3.8) is 0 Å². The topological polar surface area (TPSA) is 32.3 Å². The van der Waals surface area contributed by atoms with E-state index in [1.807, 2.05) is 17.0 Å². The molecular weight excluding hydrogens is 367 g/mol. The number of thiophene rings is 1. The van der Waals surface area contributed by atoms with Gasteiger partial charge in [0.15, 0.2) is 0 Å². The Morgan fingerprint density at radius 1 is 1.36 bits per heavy atom. The molecule has 0 saturated carbocycles. The Hall–Kier alpha value is -1.50. The quantitative estimate of drug-likeness (QED) is 0.724. The fourth-order valence-corrected chi connectivity index (χ4v) is 3.51. The summed E-state index contributed by atoms with van der Waals surface area (Å²) in [4.78, 5) is 15.2. The highest BCUT2D eigenvalue weighted by Crippen LogP contribution is 2.23. The number of rotatable bonds is 7. The van der Waals surface area contributed by atoms with Gasteiger partial charge in [-0.25, -0.2) is 4.39 Å². The zero-order chi connectivity index (χ0) is 15.9. The predicted octanol–water partition coefficient (Wildman–Crippen LogP) is 4.28. The molecule has 1 amide bonds. The highest BCUT2D eigenvalue weighted by molar-refractivity contribution is 9.11. The molecule has 1 aromatic heterocycles. The number of nitrogens with zero attached hydrogens (tertiary/aromatic N) is 1. The first-order valence-corrected chi connectivity index (χ1v) is 8.31. The Morgan fingerprint density at radius 2 is 2.14 bits per heavy atom. The van der Waals surface area contributed by atoms with Crippen LogP contribution in [-0.2, 0) is 11.3 Å². The number of carbonyl (C=O) groups excluding carboxylic acids is 1. The molecule has 0 aliphatic carbocycles. The lowest BCUT2D eigenvalue weighted by Crippen LogP contribution is -2.33. The van der Waals surface area contributed by atoms with E-state index < -0.39 is 5.82 Å². The van der Waals surface area contributed by atoms with Gasteiger partial charge in [-0.1, -0.05) is 18.2 Å². The second-order valence-corrected chi connectivity index (χ2v) is 7.24. The van der Waals surface area contributed by atoms with Crippen molar-refractivity contribution in [1.29, 1.82) is 0 Å². The second kappa shape index (κ2) is 8.22. The Bertz CT molecular complexity index is 659. The third-order valence-electron chi connectivity index (χ3n) is 2.91. The monoisotopic (exact) mass is 382 g/mol. The highest BCUT2D eigenvalue weighted by atomic mass is 79.9. The van der Waals surface area contributed by atoms with Gasteiger partial charge in [0.2, 0.25) is 5.91 Å². The van der Waals surface area contributed by atoms with E-state index in [2.05, 4.69) is 27.8 Å². The van der Waals surface area contributed by atoms with Crippen LogP contribution in [-0.4, -0.2) is 23.9 Å². The fraction of sp³-hybridized carbons (Fsp3) is 0.188. The number of halogens is 2. The fourth-order valence-electron chi connectivity index (χ4n) is 1.98. The zero-order valence-electron chi connectivity index (χ0n) is 11.9. The average molecular weight is 383 g/mol. The first kappa shape index (κ1) is 16.9. The normalized spacial score (nSPS) is 10.7. The molecule has 0 spiro atoms. The summed E-state index contributed by atoms with van der Waals surface area (Å²) in [5.41, 5.74) is 0.199. The maximum Gasteiger partial charge on any atom is 0.238 e. The Labute approximate surface area is 141 Å². The van der Waals surface area contributed by atoms with Gasteiger partial charge < -0.3 is 5.32 Å². The maximum atomic E-state index is 13.5. The van der Waals surface area contributed by atoms with E-state index in [1.165, 1.54) is 6.07 Å². The minimum Gasteiger partial charge on any atom is -0.322 e. The van der Waals surface area contributed by atoms with Gasteiger partial charge in [-0.2, -0.15) is 0 Å². The molecule has 2 aromatic rings. The van der Waals surface area contributed by atoms with Crippen LogP contribution in [0.2, 0.25) is 0 Å². The van der Waals surface area contributed by atoms with Crippen molar-refractivity contribution in [2.24, 2.45) is 0 Å². The summed E-state index contributed by atoms with van der Waals surface area (Å²) in [6.45, 7) is 5.12. The van der Waals surface area contributed by atoms with Crippen molar-refractivity contribution in [3.8, 4) is 0 Å². The summed E-state index contributed by atoms with van der Waals surface area (Å²) in [5, 5.41) is 2.59. The number of benzene rings is 1. The van der Waals surface area contributed by atoms with E-state index in [1.54, 1.807) is 35.6 Å². The standard InChI is InChI=1S/C16H16BrFN2OS/c1-2-9-20(10-12-7-8-15(17)22-12)11-16(21)19-14-6-4-3-5-13(14)18/h2-8H,1,9-11H2,(H,19,21). The van der Waals surface area contributed by atoms with E-state index in [0.29, 0.717) is 13.1 Å². The number of hydrogen-bond acceptors (Lipinski definition) is 3. The largest absolute Gasteiger partial charge is 0.322 e. The smallest absolute Gasteiger partial charge is 0.238 e. The van der Waals surface area contributed by atoms with Gasteiger partial charge in [0.05, 0.1) is 16.0 Å². The average Bonchev–Trinajstić information content (AvgIpc) is 2.87. The Morgan fingerprint density at radius 3 is 2.77 bits per heavy atom. The van der Waals surface area contributed by atoms with E-state index in [4.69, 9.17) is 0 Å². The van der Waals surface area contributed by atoms with E-state index in [0.717, 1.165) is 8.66 Å². The molecule has 0 bridgehead atoms. The van der Waals surface area contributed by atoms with Crippen molar-refractivity contribution < 1.29 is 9.18 Å². The van der Waals surface area contributed by atoms with Crippen LogP contribution >= 0.6 is 27.3 Å². The third-order valence-corrected chi connectivity index (χ3v) is 4.52. The lowest BCUT2D eigenvalue weighted by molar-refractivity contribution is -0.117. The van der Waals surface area contributed by atoms with Crippen LogP contribution in [0.5, 0.6) is 0 Å². The van der Waals surface area contributed by atoms with Crippen LogP contribution < -0.4 is 5.32 Å². The molecule has 0 atom stereocenters. The third kappa shape index (κ3) is 5.05. The number of anilines is 1. The molecule has 0 saturated heterocycles. The molecule has 0 radical (unpaired) electrons. The van der Waals surface area contributed by atoms with Gasteiger partial charge in [0.25, 0.3) is 0 Å². The molecule has 22 heavy (non-hydrogen) atoms. The van der Waals surface area contributed by atoms with Gasteiger partial charge >= 0.3 is 0 Å². The van der Waals surface area contributed by atoms with Crippen LogP contribution in [0.4, 0.5) is 10.1 Å². The Kier molecular flexibility index (Phi) is 6.30. The van der Waals surface area contributed by atoms with E-state index >= 15 is 0 Å². The first-order chi connectivity index (χ1) is 10.6. The number of hydrogen-bond donors (Lipinski definition) is 1. The van der Waals surface area contributed by atoms with Crippen LogP contribution in [0, 0.1) is 5.82 Å². The number of amides is 1. The lowest BCUT2D eigenvalue weighted by atomic mass is 10.3. The molecule has 1 N–H and O–H groups in total. The predicted molar refractivity (Wildman–Crippen MR) is 92.5 cm³/mol. The molecule has 3 nitrogen and oxygen atoms in total. The van der Waals surface area contributed by atoms with Gasteiger partial charge in [0.1, 0.15) is 5.82 Å². The second-order valence-electron chi connectivity index (χ2n) is 4.69. The van der Waals surface area contributed by atoms with Crippen molar-refractivity contribution in [1.82, 2.24) is 4.90 Å². The molecule has 1 aromatic carbocycles. The van der Waals surface area contributed by atoms with Gasteiger partial charge in [-0.05, 0) is 40.2 Å². The Balaban J connectivity index is 1.96. The van der Waals surface area contributed by atoms with Crippen LogP contribution in [0.15, 0.2) is 52.8 Å². The maximum absolute atomic E-state index is 13.5. The van der Waals surface area contributed by atoms with E-state index in [9.17, 15) is 9.18 Å². The summed E-state index contributed by atoms with van der Waals surface area (Å²) < 4.78 is 14.6. The minimum absolute atomic E-state index is 0.176. The number of nitrogens with one attached hydrogen (secondary N) is 1. The van der Waals surface area contributed by atoms with E-state index in [-0.39, 0.29) is 18.1 Å². The van der Waals surface area contributed by atoms with Gasteiger partial charge in [0, 0.05) is 18.0 Å². The van der Waals surface area contributed by atoms with Crippen molar-refractivity contribution in [3.05, 3.63) is 63.5 Å². The molecule has 0 aliphatic rings. The van der Waals surface area contributed by atoms with Crippen LogP contribution in [0.25, 0.3) is 0 Å². The van der Waals surface area contributed by atoms with Gasteiger partial charge in [-0.15, -0.1) is 17.9 Å². The molecule has 0 unspecified atom stereocenters. The SMILES string of the molecule is C=CCN(CC(=O)Nc1ccccc1F)Cc1ccc(Br)s1. The molecular formula is C16H16BrFN2OS. The van der Waals surface area contributed by atoms with Crippen molar-refractivity contribution in [2.75, 3.05) is 18.4 Å². The molecule has 0 aliphatic heterocycles. The first-order valence-electron chi connectivity index (χ1n) is 6.70. The van der Waals surface area contributed by atoms with Crippen molar-refractivity contribution in [2.45, 2.75) is 6.54 Å². The minimum atomic E-state index is -0.437. The summed E-state index contributed by atoms with van der Waals surface area (Å²) >= 11 is 5.05. The molecule has 6 heteroatoms. The molecule has 0 fully saturated rings. The van der Waals surface area contributed by atoms with Crippen LogP contribution in [0.3, 0.4) is 0 Å². The lowest BCUT2D eigenvalue weighted by Gasteiger charge is -2.19. The summed E-state index contributed by atoms with van der Waals surface area (Å²) in [6, 6.07) is 10.1. The molecule has 1 heterocycles. The highest BCUT2D eigenvalue weighted by Gasteiger charge is 2.13. The number of para-hydroxylation sites is 1. The summed E-state index contributed by atoms with van der Waals surface area (Å²) in [6.07, 6.45) is 1.75. The van der Waals surface area contributed by atoms with Gasteiger partial charge in [-0.3, -0.25) is 9.69 Å².